The molecule has 2 aromatic rings. The molecule has 1 N–H and O–H groups in total. The van der Waals surface area contributed by atoms with Crippen molar-refractivity contribution in [1.82, 2.24) is 5.32 Å². The van der Waals surface area contributed by atoms with Gasteiger partial charge in [0.1, 0.15) is 0 Å². The Hall–Kier alpha value is -1.34. The molecule has 0 saturated heterocycles. The van der Waals surface area contributed by atoms with E-state index in [0.717, 1.165) is 6.54 Å². The van der Waals surface area contributed by atoms with Crippen molar-refractivity contribution in [3.63, 3.8) is 0 Å². The molecule has 0 aliphatic carbocycles. The van der Waals surface area contributed by atoms with Crippen molar-refractivity contribution >= 4 is 10.8 Å². The minimum atomic E-state index is 0.557. The minimum absolute atomic E-state index is 0.557. The quantitative estimate of drug-likeness (QED) is 0.800. The van der Waals surface area contributed by atoms with E-state index in [4.69, 9.17) is 0 Å². The second kappa shape index (κ2) is 4.45. The van der Waals surface area contributed by atoms with E-state index in [1.807, 2.05) is 7.05 Å². The van der Waals surface area contributed by atoms with Gasteiger partial charge in [-0.05, 0) is 29.3 Å². The lowest BCUT2D eigenvalue weighted by Gasteiger charge is -2.13. The number of rotatable bonds is 3. The number of hydrogen-bond donors (Lipinski definition) is 1. The zero-order valence-electron chi connectivity index (χ0n) is 9.33. The first-order valence-corrected chi connectivity index (χ1v) is 5.45. The highest BCUT2D eigenvalue weighted by molar-refractivity contribution is 5.86. The molecule has 0 saturated carbocycles. The van der Waals surface area contributed by atoms with E-state index in [2.05, 4.69) is 54.7 Å². The summed E-state index contributed by atoms with van der Waals surface area (Å²) in [6, 6.07) is 15.1. The third-order valence-electron chi connectivity index (χ3n) is 2.86. The Kier molecular flexibility index (Phi) is 3.02. The molecule has 15 heavy (non-hydrogen) atoms. The van der Waals surface area contributed by atoms with Crippen LogP contribution in [0.15, 0.2) is 42.5 Å². The van der Waals surface area contributed by atoms with Crippen LogP contribution in [0.1, 0.15) is 18.4 Å². The van der Waals surface area contributed by atoms with Gasteiger partial charge in [-0.2, -0.15) is 0 Å². The van der Waals surface area contributed by atoms with Crippen LogP contribution >= 0.6 is 0 Å². The van der Waals surface area contributed by atoms with Gasteiger partial charge < -0.3 is 5.32 Å². The lowest BCUT2D eigenvalue weighted by atomic mass is 9.95. The molecule has 1 heteroatoms. The highest BCUT2D eigenvalue weighted by Gasteiger charge is 2.07. The second-order valence-corrected chi connectivity index (χ2v) is 4.03. The second-order valence-electron chi connectivity index (χ2n) is 4.03. The molecule has 0 aromatic heterocycles. The van der Waals surface area contributed by atoms with Gasteiger partial charge in [0, 0.05) is 6.54 Å². The van der Waals surface area contributed by atoms with Crippen molar-refractivity contribution < 1.29 is 0 Å². The zero-order valence-corrected chi connectivity index (χ0v) is 9.33. The summed E-state index contributed by atoms with van der Waals surface area (Å²) in [5.74, 6) is 0.557. The summed E-state index contributed by atoms with van der Waals surface area (Å²) in [5, 5.41) is 5.94. The summed E-state index contributed by atoms with van der Waals surface area (Å²) in [7, 11) is 2.00. The Morgan fingerprint density at radius 1 is 1.07 bits per heavy atom. The van der Waals surface area contributed by atoms with Crippen LogP contribution in [-0.4, -0.2) is 13.6 Å². The fourth-order valence-corrected chi connectivity index (χ4v) is 2.10. The van der Waals surface area contributed by atoms with Gasteiger partial charge in [0.05, 0.1) is 0 Å². The van der Waals surface area contributed by atoms with Gasteiger partial charge in [-0.1, -0.05) is 49.4 Å². The molecule has 1 nitrogen and oxygen atoms in total. The average Bonchev–Trinajstić information content (AvgIpc) is 2.28. The van der Waals surface area contributed by atoms with Crippen LogP contribution < -0.4 is 5.32 Å². The van der Waals surface area contributed by atoms with Crippen molar-refractivity contribution in [3.05, 3.63) is 48.0 Å². The summed E-state index contributed by atoms with van der Waals surface area (Å²) in [4.78, 5) is 0. The smallest absolute Gasteiger partial charge is 0.00147 e. The zero-order chi connectivity index (χ0) is 10.7. The summed E-state index contributed by atoms with van der Waals surface area (Å²) >= 11 is 0. The van der Waals surface area contributed by atoms with Gasteiger partial charge in [0.2, 0.25) is 0 Å². The third-order valence-corrected chi connectivity index (χ3v) is 2.86. The molecule has 2 rings (SSSR count). The fraction of sp³-hybridized carbons (Fsp3) is 0.286. The summed E-state index contributed by atoms with van der Waals surface area (Å²) < 4.78 is 0. The van der Waals surface area contributed by atoms with Crippen LogP contribution in [0.25, 0.3) is 10.8 Å². The largest absolute Gasteiger partial charge is 0.319 e. The maximum absolute atomic E-state index is 3.23. The standard InChI is InChI=1S/C14H17N/c1-11(10-15-2)13-9-5-7-12-6-3-4-8-14(12)13/h3-9,11,15H,10H2,1-2H3. The Bertz CT molecular complexity index is 443. The number of fused-ring (bicyclic) bond motifs is 1. The topological polar surface area (TPSA) is 12.0 Å². The van der Waals surface area contributed by atoms with Crippen LogP contribution in [-0.2, 0) is 0 Å². The van der Waals surface area contributed by atoms with Crippen LogP contribution in [0.4, 0.5) is 0 Å². The van der Waals surface area contributed by atoms with Gasteiger partial charge in [0.15, 0.2) is 0 Å². The van der Waals surface area contributed by atoms with E-state index in [9.17, 15) is 0 Å². The maximum atomic E-state index is 3.23. The molecule has 1 unspecified atom stereocenters. The van der Waals surface area contributed by atoms with E-state index in [1.54, 1.807) is 0 Å². The summed E-state index contributed by atoms with van der Waals surface area (Å²) in [5.41, 5.74) is 1.43. The van der Waals surface area contributed by atoms with Crippen molar-refractivity contribution in [2.45, 2.75) is 12.8 Å². The molecule has 0 amide bonds. The molecule has 0 bridgehead atoms. The third kappa shape index (κ3) is 2.02. The summed E-state index contributed by atoms with van der Waals surface area (Å²) in [6.07, 6.45) is 0. The Balaban J connectivity index is 2.50. The molecular formula is C14H17N. The molecule has 2 aromatic carbocycles. The average molecular weight is 199 g/mol. The van der Waals surface area contributed by atoms with Crippen LogP contribution in [0.3, 0.4) is 0 Å². The first kappa shape index (κ1) is 10.2. The highest BCUT2D eigenvalue weighted by atomic mass is 14.8. The normalized spacial score (nSPS) is 12.9. The minimum Gasteiger partial charge on any atom is -0.319 e. The van der Waals surface area contributed by atoms with E-state index in [1.165, 1.54) is 16.3 Å². The van der Waals surface area contributed by atoms with Gasteiger partial charge >= 0.3 is 0 Å². The molecule has 1 atom stereocenters. The number of hydrogen-bond acceptors (Lipinski definition) is 1. The van der Waals surface area contributed by atoms with Crippen molar-refractivity contribution in [2.75, 3.05) is 13.6 Å². The number of nitrogens with one attached hydrogen (secondary N) is 1. The van der Waals surface area contributed by atoms with Crippen molar-refractivity contribution in [2.24, 2.45) is 0 Å². The van der Waals surface area contributed by atoms with E-state index in [-0.39, 0.29) is 0 Å². The van der Waals surface area contributed by atoms with Crippen LogP contribution in [0.5, 0.6) is 0 Å². The molecular weight excluding hydrogens is 182 g/mol. The Morgan fingerprint density at radius 3 is 2.60 bits per heavy atom. The molecule has 78 valence electrons. The van der Waals surface area contributed by atoms with Gasteiger partial charge in [0.25, 0.3) is 0 Å². The van der Waals surface area contributed by atoms with E-state index < -0.39 is 0 Å². The van der Waals surface area contributed by atoms with Gasteiger partial charge in [-0.25, -0.2) is 0 Å². The highest BCUT2D eigenvalue weighted by Crippen LogP contribution is 2.24. The van der Waals surface area contributed by atoms with E-state index in [0.29, 0.717) is 5.92 Å². The lowest BCUT2D eigenvalue weighted by Crippen LogP contribution is -2.14. The maximum Gasteiger partial charge on any atom is 0.00147 e. The van der Waals surface area contributed by atoms with Crippen molar-refractivity contribution in [3.8, 4) is 0 Å². The number of likely N-dealkylation sites (N-methyl/N-ethyl adjacent to an activating group) is 1. The van der Waals surface area contributed by atoms with Crippen LogP contribution in [0, 0.1) is 0 Å². The first-order valence-electron chi connectivity index (χ1n) is 5.45. The van der Waals surface area contributed by atoms with Crippen molar-refractivity contribution in [1.29, 1.82) is 0 Å². The molecule has 0 aliphatic rings. The molecule has 0 aliphatic heterocycles. The molecule has 0 radical (unpaired) electrons. The predicted octanol–water partition coefficient (Wildman–Crippen LogP) is 3.16. The molecule has 0 heterocycles. The van der Waals surface area contributed by atoms with Gasteiger partial charge in [-0.15, -0.1) is 0 Å². The first-order chi connectivity index (χ1) is 7.33. The Labute approximate surface area is 91.1 Å². The molecule has 0 spiro atoms. The van der Waals surface area contributed by atoms with E-state index >= 15 is 0 Å². The lowest BCUT2D eigenvalue weighted by molar-refractivity contribution is 0.682. The monoisotopic (exact) mass is 199 g/mol. The predicted molar refractivity (Wildman–Crippen MR) is 66.3 cm³/mol. The molecule has 0 fully saturated rings. The fourth-order valence-electron chi connectivity index (χ4n) is 2.10. The van der Waals surface area contributed by atoms with Crippen LogP contribution in [0.2, 0.25) is 0 Å². The SMILES string of the molecule is CNCC(C)c1cccc2ccccc12. The number of benzene rings is 2. The van der Waals surface area contributed by atoms with Gasteiger partial charge in [-0.3, -0.25) is 0 Å². The summed E-state index contributed by atoms with van der Waals surface area (Å²) in [6.45, 7) is 3.28. The Morgan fingerprint density at radius 2 is 1.80 bits per heavy atom.